The molecule has 1 N–H and O–H groups in total. The number of aliphatic carboxylic acids is 1. The molecule has 10 heteroatoms. The van der Waals surface area contributed by atoms with Crippen molar-refractivity contribution in [3.05, 3.63) is 33.6 Å². The number of rotatable bonds is 6. The van der Waals surface area contributed by atoms with Crippen LogP contribution in [0.25, 0.3) is 0 Å². The van der Waals surface area contributed by atoms with Crippen molar-refractivity contribution in [2.75, 3.05) is 6.54 Å². The second-order valence-corrected chi connectivity index (χ2v) is 6.73. The molecule has 122 valence electrons. The maximum absolute atomic E-state index is 13.8. The van der Waals surface area contributed by atoms with Crippen molar-refractivity contribution in [1.29, 1.82) is 0 Å². The summed E-state index contributed by atoms with van der Waals surface area (Å²) in [6.45, 7) is 3.21. The first-order valence-corrected chi connectivity index (χ1v) is 7.60. The Bertz CT molecular complexity index is 717. The minimum Gasteiger partial charge on any atom is -0.480 e. The molecule has 0 aliphatic heterocycles. The molecular formula is C12H15FN2O6S. The number of hydrogen-bond acceptors (Lipinski definition) is 5. The van der Waals surface area contributed by atoms with E-state index in [9.17, 15) is 27.7 Å². The van der Waals surface area contributed by atoms with E-state index in [2.05, 4.69) is 0 Å². The molecule has 0 atom stereocenters. The zero-order chi connectivity index (χ0) is 17.2. The highest BCUT2D eigenvalue weighted by Gasteiger charge is 2.31. The molecule has 0 heterocycles. The van der Waals surface area contributed by atoms with Crippen LogP contribution < -0.4 is 0 Å². The molecule has 8 nitrogen and oxygen atoms in total. The summed E-state index contributed by atoms with van der Waals surface area (Å²) in [6, 6.07) is 0.657. The maximum atomic E-state index is 13.8. The van der Waals surface area contributed by atoms with Crippen molar-refractivity contribution in [2.24, 2.45) is 0 Å². The highest BCUT2D eigenvalue weighted by molar-refractivity contribution is 7.89. The first kappa shape index (κ1) is 18.0. The summed E-state index contributed by atoms with van der Waals surface area (Å²) in [7, 11) is -4.38. The molecular weight excluding hydrogens is 319 g/mol. The van der Waals surface area contributed by atoms with Crippen LogP contribution >= 0.6 is 0 Å². The summed E-state index contributed by atoms with van der Waals surface area (Å²) in [5.74, 6) is -2.44. The molecule has 0 amide bonds. The number of halogens is 1. The number of benzene rings is 1. The van der Waals surface area contributed by atoms with Crippen LogP contribution in [0.15, 0.2) is 17.0 Å². The fourth-order valence-corrected chi connectivity index (χ4v) is 3.41. The quantitative estimate of drug-likeness (QED) is 0.622. The van der Waals surface area contributed by atoms with Crippen LogP contribution in [-0.4, -0.2) is 41.3 Å². The van der Waals surface area contributed by atoms with E-state index in [1.807, 2.05) is 0 Å². The Morgan fingerprint density at radius 3 is 2.41 bits per heavy atom. The van der Waals surface area contributed by atoms with Gasteiger partial charge in [0.15, 0.2) is 0 Å². The summed E-state index contributed by atoms with van der Waals surface area (Å²) in [6.07, 6.45) is 0. The van der Waals surface area contributed by atoms with Gasteiger partial charge in [-0.1, -0.05) is 0 Å². The number of carboxylic acids is 1. The summed E-state index contributed by atoms with van der Waals surface area (Å²) >= 11 is 0. The van der Waals surface area contributed by atoms with Crippen LogP contribution in [0.2, 0.25) is 0 Å². The highest BCUT2D eigenvalue weighted by atomic mass is 32.2. The minimum absolute atomic E-state index is 0.293. The molecule has 0 aliphatic carbocycles. The molecule has 0 unspecified atom stereocenters. The van der Waals surface area contributed by atoms with Gasteiger partial charge in [0.1, 0.15) is 12.4 Å². The van der Waals surface area contributed by atoms with Gasteiger partial charge in [0, 0.05) is 12.1 Å². The van der Waals surface area contributed by atoms with Crippen molar-refractivity contribution < 1.29 is 27.6 Å². The predicted octanol–water partition coefficient (Wildman–Crippen LogP) is 1.53. The molecule has 22 heavy (non-hydrogen) atoms. The molecule has 0 saturated carbocycles. The topological polar surface area (TPSA) is 118 Å². The fraction of sp³-hybridized carbons (Fsp3) is 0.417. The van der Waals surface area contributed by atoms with E-state index in [1.165, 1.54) is 13.8 Å². The Labute approximate surface area is 126 Å². The van der Waals surface area contributed by atoms with Crippen molar-refractivity contribution >= 4 is 21.7 Å². The van der Waals surface area contributed by atoms with Crippen LogP contribution in [0, 0.1) is 22.9 Å². The molecule has 0 bridgehead atoms. The summed E-state index contributed by atoms with van der Waals surface area (Å²) in [4.78, 5) is 20.1. The number of carbonyl (C=O) groups is 1. The maximum Gasteiger partial charge on any atom is 0.318 e. The van der Waals surface area contributed by atoms with E-state index in [0.717, 1.165) is 13.0 Å². The van der Waals surface area contributed by atoms with E-state index in [4.69, 9.17) is 5.11 Å². The molecule has 0 aliphatic rings. The van der Waals surface area contributed by atoms with Gasteiger partial charge < -0.3 is 5.11 Å². The molecule has 0 radical (unpaired) electrons. The van der Waals surface area contributed by atoms with Gasteiger partial charge in [-0.3, -0.25) is 14.9 Å². The lowest BCUT2D eigenvalue weighted by Gasteiger charge is -2.24. The van der Waals surface area contributed by atoms with E-state index in [-0.39, 0.29) is 5.56 Å². The Hall–Kier alpha value is -2.07. The first-order valence-electron chi connectivity index (χ1n) is 6.16. The Morgan fingerprint density at radius 2 is 2.00 bits per heavy atom. The van der Waals surface area contributed by atoms with Gasteiger partial charge in [0.2, 0.25) is 10.0 Å². The third-order valence-corrected chi connectivity index (χ3v) is 4.96. The monoisotopic (exact) mass is 334 g/mol. The lowest BCUT2D eigenvalue weighted by Crippen LogP contribution is -2.40. The number of nitro benzene ring substituents is 1. The fourth-order valence-electron chi connectivity index (χ4n) is 1.79. The number of nitrogens with zero attached hydrogens (tertiary/aromatic N) is 2. The number of nitro groups is 1. The van der Waals surface area contributed by atoms with Gasteiger partial charge in [-0.25, -0.2) is 12.8 Å². The third kappa shape index (κ3) is 3.57. The Morgan fingerprint density at radius 1 is 1.45 bits per heavy atom. The molecule has 0 aromatic heterocycles. The highest BCUT2D eigenvalue weighted by Crippen LogP contribution is 2.27. The largest absolute Gasteiger partial charge is 0.480 e. The van der Waals surface area contributed by atoms with Crippen LogP contribution in [0.4, 0.5) is 10.1 Å². The minimum atomic E-state index is -4.38. The molecule has 1 rings (SSSR count). The number of sulfonamides is 1. The number of carboxylic acid groups (broad SMARTS) is 1. The Kier molecular flexibility index (Phi) is 5.20. The molecule has 0 saturated heterocycles. The van der Waals surface area contributed by atoms with Crippen molar-refractivity contribution in [3.8, 4) is 0 Å². The van der Waals surface area contributed by atoms with E-state index >= 15 is 0 Å². The average molecular weight is 334 g/mol. The lowest BCUT2D eigenvalue weighted by molar-refractivity contribution is -0.385. The van der Waals surface area contributed by atoms with Crippen molar-refractivity contribution in [3.63, 3.8) is 0 Å². The van der Waals surface area contributed by atoms with Gasteiger partial charge in [-0.05, 0) is 26.8 Å². The van der Waals surface area contributed by atoms with Gasteiger partial charge >= 0.3 is 5.97 Å². The third-order valence-electron chi connectivity index (χ3n) is 2.96. The zero-order valence-corrected chi connectivity index (χ0v) is 12.9. The lowest BCUT2D eigenvalue weighted by atomic mass is 10.2. The Balaban J connectivity index is 3.50. The van der Waals surface area contributed by atoms with Gasteiger partial charge in [-0.15, -0.1) is 0 Å². The standard InChI is InChI=1S/C12H15FN2O6S/c1-7(2)14(6-12(16)17)22(20,21)9-4-10(13)8(3)11(5-9)15(18)19/h4-5,7H,6H2,1-3H3,(H,16,17). The second kappa shape index (κ2) is 6.36. The van der Waals surface area contributed by atoms with Crippen LogP contribution in [-0.2, 0) is 14.8 Å². The van der Waals surface area contributed by atoms with Gasteiger partial charge in [0.05, 0.1) is 15.4 Å². The van der Waals surface area contributed by atoms with Gasteiger partial charge in [0.25, 0.3) is 5.69 Å². The second-order valence-electron chi connectivity index (χ2n) is 4.84. The summed E-state index contributed by atoms with van der Waals surface area (Å²) in [5.41, 5.74) is -0.976. The molecule has 0 fully saturated rings. The average Bonchev–Trinajstić information content (AvgIpc) is 2.37. The SMILES string of the molecule is Cc1c(F)cc(S(=O)(=O)N(CC(=O)O)C(C)C)cc1[N+](=O)[O-]. The van der Waals surface area contributed by atoms with Crippen LogP contribution in [0.5, 0.6) is 0 Å². The van der Waals surface area contributed by atoms with E-state index in [0.29, 0.717) is 10.4 Å². The molecule has 0 spiro atoms. The summed E-state index contributed by atoms with van der Waals surface area (Å²) < 4.78 is 39.2. The molecule has 1 aromatic carbocycles. The van der Waals surface area contributed by atoms with Crippen LogP contribution in [0.3, 0.4) is 0 Å². The predicted molar refractivity (Wildman–Crippen MR) is 74.5 cm³/mol. The number of hydrogen-bond donors (Lipinski definition) is 1. The van der Waals surface area contributed by atoms with Crippen LogP contribution in [0.1, 0.15) is 19.4 Å². The van der Waals surface area contributed by atoms with Crippen molar-refractivity contribution in [1.82, 2.24) is 4.31 Å². The smallest absolute Gasteiger partial charge is 0.318 e. The first-order chi connectivity index (χ1) is 9.98. The summed E-state index contributed by atoms with van der Waals surface area (Å²) in [5, 5.41) is 19.7. The van der Waals surface area contributed by atoms with E-state index < -0.39 is 49.9 Å². The zero-order valence-electron chi connectivity index (χ0n) is 12.1. The molecule has 1 aromatic rings. The normalized spacial score (nSPS) is 11.9. The van der Waals surface area contributed by atoms with Gasteiger partial charge in [-0.2, -0.15) is 4.31 Å². The van der Waals surface area contributed by atoms with E-state index in [1.54, 1.807) is 0 Å². The van der Waals surface area contributed by atoms with Crippen molar-refractivity contribution in [2.45, 2.75) is 31.7 Å².